The predicted molar refractivity (Wildman–Crippen MR) is 91.3 cm³/mol. The number of rotatable bonds is 5. The number of aldehydes is 1. The first kappa shape index (κ1) is 16.7. The maximum atomic E-state index is 12.1. The largest absolute Gasteiger partial charge is 0.483 e. The topological polar surface area (TPSA) is 55.4 Å². The van der Waals surface area contributed by atoms with E-state index in [0.717, 1.165) is 34.2 Å². The van der Waals surface area contributed by atoms with Crippen LogP contribution in [0.4, 0.5) is 5.69 Å². The minimum atomic E-state index is -0.215. The summed E-state index contributed by atoms with van der Waals surface area (Å²) in [5.74, 6) is 0.430. The average Bonchev–Trinajstić information content (AvgIpc) is 2.44. The van der Waals surface area contributed by atoms with E-state index >= 15 is 0 Å². The van der Waals surface area contributed by atoms with E-state index in [0.29, 0.717) is 11.3 Å². The molecule has 1 amide bonds. The fourth-order valence-corrected chi connectivity index (χ4v) is 2.66. The van der Waals surface area contributed by atoms with Crippen LogP contribution in [0.1, 0.15) is 32.6 Å². The third-order valence-corrected chi connectivity index (χ3v) is 3.47. The second-order valence-corrected chi connectivity index (χ2v) is 5.81. The lowest BCUT2D eigenvalue weighted by atomic mass is 10.1. The standard InChI is InChI=1S/C19H21NO3/c1-12-5-13(2)7-17(6-12)20-18(22)11-23-19-14(3)8-16(10-21)9-15(19)4/h5-10H,11H2,1-4H3,(H,20,22). The fraction of sp³-hybridized carbons (Fsp3) is 0.263. The molecule has 0 aliphatic heterocycles. The van der Waals surface area contributed by atoms with Crippen LogP contribution in [0.25, 0.3) is 0 Å². The van der Waals surface area contributed by atoms with E-state index in [-0.39, 0.29) is 12.5 Å². The molecule has 0 aliphatic carbocycles. The highest BCUT2D eigenvalue weighted by Gasteiger charge is 2.09. The highest BCUT2D eigenvalue weighted by atomic mass is 16.5. The molecule has 0 bridgehead atoms. The molecule has 0 spiro atoms. The lowest BCUT2D eigenvalue weighted by Gasteiger charge is -2.13. The van der Waals surface area contributed by atoms with Crippen molar-refractivity contribution in [2.24, 2.45) is 0 Å². The molecule has 1 N–H and O–H groups in total. The summed E-state index contributed by atoms with van der Waals surface area (Å²) >= 11 is 0. The van der Waals surface area contributed by atoms with Crippen molar-refractivity contribution in [2.75, 3.05) is 11.9 Å². The summed E-state index contributed by atoms with van der Waals surface area (Å²) in [6.45, 7) is 7.62. The van der Waals surface area contributed by atoms with Crippen molar-refractivity contribution in [1.29, 1.82) is 0 Å². The Kier molecular flexibility index (Phi) is 5.16. The monoisotopic (exact) mass is 311 g/mol. The molecular weight excluding hydrogens is 290 g/mol. The number of carbonyl (C=O) groups is 2. The second kappa shape index (κ2) is 7.09. The predicted octanol–water partition coefficient (Wildman–Crippen LogP) is 3.75. The quantitative estimate of drug-likeness (QED) is 0.856. The van der Waals surface area contributed by atoms with Crippen LogP contribution >= 0.6 is 0 Å². The van der Waals surface area contributed by atoms with Crippen LogP contribution < -0.4 is 10.1 Å². The Morgan fingerprint density at radius 3 is 2.09 bits per heavy atom. The summed E-state index contributed by atoms with van der Waals surface area (Å²) in [6.07, 6.45) is 0.802. The molecular formula is C19H21NO3. The van der Waals surface area contributed by atoms with Crippen LogP contribution in [0.2, 0.25) is 0 Å². The van der Waals surface area contributed by atoms with Crippen LogP contribution in [0.5, 0.6) is 5.75 Å². The fourth-order valence-electron chi connectivity index (χ4n) is 2.66. The van der Waals surface area contributed by atoms with Crippen molar-refractivity contribution in [3.63, 3.8) is 0 Å². The molecule has 2 rings (SSSR count). The molecule has 23 heavy (non-hydrogen) atoms. The van der Waals surface area contributed by atoms with Gasteiger partial charge in [0.05, 0.1) is 0 Å². The van der Waals surface area contributed by atoms with E-state index in [2.05, 4.69) is 5.32 Å². The Hall–Kier alpha value is -2.62. The minimum Gasteiger partial charge on any atom is -0.483 e. The molecule has 0 aromatic heterocycles. The van der Waals surface area contributed by atoms with Gasteiger partial charge in [-0.05, 0) is 74.2 Å². The lowest BCUT2D eigenvalue weighted by Crippen LogP contribution is -2.20. The molecule has 0 radical (unpaired) electrons. The molecule has 0 atom stereocenters. The van der Waals surface area contributed by atoms with E-state index in [1.807, 2.05) is 45.9 Å². The van der Waals surface area contributed by atoms with Gasteiger partial charge in [0.25, 0.3) is 5.91 Å². The van der Waals surface area contributed by atoms with E-state index in [9.17, 15) is 9.59 Å². The van der Waals surface area contributed by atoms with E-state index in [4.69, 9.17) is 4.74 Å². The average molecular weight is 311 g/mol. The molecule has 4 heteroatoms. The molecule has 0 aliphatic rings. The van der Waals surface area contributed by atoms with Crippen molar-refractivity contribution in [1.82, 2.24) is 0 Å². The molecule has 0 fully saturated rings. The first-order valence-electron chi connectivity index (χ1n) is 7.46. The minimum absolute atomic E-state index is 0.0743. The maximum absolute atomic E-state index is 12.1. The van der Waals surface area contributed by atoms with E-state index in [1.165, 1.54) is 0 Å². The zero-order chi connectivity index (χ0) is 17.0. The van der Waals surface area contributed by atoms with Crippen molar-refractivity contribution >= 4 is 17.9 Å². The number of benzene rings is 2. The maximum Gasteiger partial charge on any atom is 0.262 e. The summed E-state index contributed by atoms with van der Waals surface area (Å²) in [4.78, 5) is 22.9. The number of amides is 1. The zero-order valence-electron chi connectivity index (χ0n) is 13.9. The summed E-state index contributed by atoms with van der Waals surface area (Å²) in [6, 6.07) is 9.38. The number of carbonyl (C=O) groups excluding carboxylic acids is 2. The number of hydrogen-bond donors (Lipinski definition) is 1. The lowest BCUT2D eigenvalue weighted by molar-refractivity contribution is -0.118. The number of nitrogens with one attached hydrogen (secondary N) is 1. The first-order valence-corrected chi connectivity index (χ1v) is 7.46. The van der Waals surface area contributed by atoms with Gasteiger partial charge in [-0.15, -0.1) is 0 Å². The molecule has 0 heterocycles. The van der Waals surface area contributed by atoms with Crippen molar-refractivity contribution in [3.8, 4) is 5.75 Å². The van der Waals surface area contributed by atoms with Gasteiger partial charge in [0.2, 0.25) is 0 Å². The van der Waals surface area contributed by atoms with Gasteiger partial charge in [-0.1, -0.05) is 6.07 Å². The van der Waals surface area contributed by atoms with Gasteiger partial charge in [-0.3, -0.25) is 9.59 Å². The second-order valence-electron chi connectivity index (χ2n) is 5.81. The third kappa shape index (κ3) is 4.42. The Labute approximate surface area is 136 Å². The van der Waals surface area contributed by atoms with Gasteiger partial charge in [-0.2, -0.15) is 0 Å². The molecule has 4 nitrogen and oxygen atoms in total. The normalized spacial score (nSPS) is 10.3. The van der Waals surface area contributed by atoms with E-state index < -0.39 is 0 Å². The van der Waals surface area contributed by atoms with Gasteiger partial charge >= 0.3 is 0 Å². The van der Waals surface area contributed by atoms with E-state index in [1.54, 1.807) is 12.1 Å². The third-order valence-electron chi connectivity index (χ3n) is 3.47. The Balaban J connectivity index is 2.03. The highest BCUT2D eigenvalue weighted by molar-refractivity contribution is 5.92. The summed E-state index contributed by atoms with van der Waals surface area (Å²) < 4.78 is 5.63. The van der Waals surface area contributed by atoms with Crippen LogP contribution in [0.3, 0.4) is 0 Å². The number of hydrogen-bond acceptors (Lipinski definition) is 3. The van der Waals surface area contributed by atoms with Crippen LogP contribution in [0.15, 0.2) is 30.3 Å². The van der Waals surface area contributed by atoms with Crippen molar-refractivity contribution < 1.29 is 14.3 Å². The summed E-state index contributed by atoms with van der Waals surface area (Å²) in [5, 5.41) is 2.84. The summed E-state index contributed by atoms with van der Waals surface area (Å²) in [5.41, 5.74) is 5.24. The molecule has 0 saturated carbocycles. The van der Waals surface area contributed by atoms with Crippen LogP contribution in [-0.2, 0) is 4.79 Å². The molecule has 0 unspecified atom stereocenters. The molecule has 2 aromatic rings. The Morgan fingerprint density at radius 2 is 1.57 bits per heavy atom. The van der Waals surface area contributed by atoms with Crippen molar-refractivity contribution in [3.05, 3.63) is 58.1 Å². The van der Waals surface area contributed by atoms with Crippen LogP contribution in [-0.4, -0.2) is 18.8 Å². The number of anilines is 1. The molecule has 0 saturated heterocycles. The Morgan fingerprint density at radius 1 is 1.00 bits per heavy atom. The first-order chi connectivity index (χ1) is 10.9. The van der Waals surface area contributed by atoms with Gasteiger partial charge in [-0.25, -0.2) is 0 Å². The number of ether oxygens (including phenoxy) is 1. The zero-order valence-corrected chi connectivity index (χ0v) is 13.9. The van der Waals surface area contributed by atoms with Gasteiger partial charge in [0.1, 0.15) is 12.0 Å². The van der Waals surface area contributed by atoms with Gasteiger partial charge in [0.15, 0.2) is 6.61 Å². The molecule has 120 valence electrons. The SMILES string of the molecule is Cc1cc(C)cc(NC(=O)COc2c(C)cc(C=O)cc2C)c1. The van der Waals surface area contributed by atoms with Gasteiger partial charge < -0.3 is 10.1 Å². The smallest absolute Gasteiger partial charge is 0.262 e. The van der Waals surface area contributed by atoms with Crippen LogP contribution in [0, 0.1) is 27.7 Å². The van der Waals surface area contributed by atoms with Gasteiger partial charge in [0, 0.05) is 11.3 Å². The summed E-state index contributed by atoms with van der Waals surface area (Å²) in [7, 11) is 0. The number of aryl methyl sites for hydroxylation is 4. The van der Waals surface area contributed by atoms with Crippen molar-refractivity contribution in [2.45, 2.75) is 27.7 Å². The molecule has 2 aromatic carbocycles. The highest BCUT2D eigenvalue weighted by Crippen LogP contribution is 2.24. The Bertz CT molecular complexity index is 707.